The second kappa shape index (κ2) is 6.11. The first kappa shape index (κ1) is 13.2. The molecule has 0 spiro atoms. The van der Waals surface area contributed by atoms with Gasteiger partial charge in [-0.05, 0) is 26.2 Å². The molecule has 1 N–H and O–H groups in total. The number of hydrogen-bond acceptors (Lipinski definition) is 5. The molecule has 1 aromatic rings. The third kappa shape index (κ3) is 3.40. The van der Waals surface area contributed by atoms with Crippen molar-refractivity contribution in [2.45, 2.75) is 44.9 Å². The van der Waals surface area contributed by atoms with E-state index in [1.165, 1.54) is 0 Å². The number of nitrogens with zero attached hydrogens (tertiary/aromatic N) is 2. The van der Waals surface area contributed by atoms with Gasteiger partial charge in [0.15, 0.2) is 5.82 Å². The van der Waals surface area contributed by atoms with Gasteiger partial charge in [-0.25, -0.2) is 9.97 Å². The second-order valence-corrected chi connectivity index (χ2v) is 4.76. The highest BCUT2D eigenvalue weighted by Crippen LogP contribution is 2.24. The first-order chi connectivity index (χ1) is 8.71. The Bertz CT molecular complexity index is 398. The van der Waals surface area contributed by atoms with Gasteiger partial charge >= 0.3 is 0 Å². The van der Waals surface area contributed by atoms with Gasteiger partial charge in [-0.1, -0.05) is 0 Å². The van der Waals surface area contributed by atoms with Crippen molar-refractivity contribution in [3.63, 3.8) is 0 Å². The van der Waals surface area contributed by atoms with Gasteiger partial charge in [0.2, 0.25) is 0 Å². The number of hydrogen-bond donors (Lipinski definition) is 1. The average Bonchev–Trinajstić information content (AvgIpc) is 2.76. The predicted molar refractivity (Wildman–Crippen MR) is 69.5 cm³/mol. The molecule has 2 atom stereocenters. The number of anilines is 1. The summed E-state index contributed by atoms with van der Waals surface area (Å²) in [5.41, 5.74) is 0.959. The molecular formula is C13H21N3O2. The molecule has 100 valence electrons. The number of aryl methyl sites for hydroxylation is 1. The maximum Gasteiger partial charge on any atom is 0.156 e. The SMILES string of the molecule is COCc1nc(C)cc(NC2CCC(OC)C2)n1. The van der Waals surface area contributed by atoms with Crippen LogP contribution in [0.4, 0.5) is 5.82 Å². The van der Waals surface area contributed by atoms with Crippen molar-refractivity contribution in [2.75, 3.05) is 19.5 Å². The predicted octanol–water partition coefficient (Wildman–Crippen LogP) is 1.91. The highest BCUT2D eigenvalue weighted by atomic mass is 16.5. The summed E-state index contributed by atoms with van der Waals surface area (Å²) in [5.74, 6) is 1.61. The van der Waals surface area contributed by atoms with E-state index in [1.807, 2.05) is 13.0 Å². The standard InChI is InChI=1S/C13H21N3O2/c1-9-6-12(16-13(14-9)8-17-2)15-10-4-5-11(7-10)18-3/h6,10-11H,4-5,7-8H2,1-3H3,(H,14,15,16). The van der Waals surface area contributed by atoms with Crippen LogP contribution in [0, 0.1) is 6.92 Å². The second-order valence-electron chi connectivity index (χ2n) is 4.76. The molecular weight excluding hydrogens is 230 g/mol. The highest BCUT2D eigenvalue weighted by molar-refractivity contribution is 5.37. The van der Waals surface area contributed by atoms with Crippen LogP contribution in [0.15, 0.2) is 6.07 Å². The van der Waals surface area contributed by atoms with E-state index in [-0.39, 0.29) is 0 Å². The minimum Gasteiger partial charge on any atom is -0.381 e. The van der Waals surface area contributed by atoms with Gasteiger partial charge in [-0.15, -0.1) is 0 Å². The van der Waals surface area contributed by atoms with Crippen LogP contribution >= 0.6 is 0 Å². The van der Waals surface area contributed by atoms with E-state index in [1.54, 1.807) is 14.2 Å². The molecule has 1 aromatic heterocycles. The minimum absolute atomic E-state index is 0.379. The van der Waals surface area contributed by atoms with Gasteiger partial charge in [-0.2, -0.15) is 0 Å². The highest BCUT2D eigenvalue weighted by Gasteiger charge is 2.24. The van der Waals surface area contributed by atoms with E-state index >= 15 is 0 Å². The van der Waals surface area contributed by atoms with Gasteiger partial charge in [0.05, 0.1) is 6.10 Å². The van der Waals surface area contributed by atoms with Crippen molar-refractivity contribution in [1.29, 1.82) is 0 Å². The van der Waals surface area contributed by atoms with Crippen molar-refractivity contribution >= 4 is 5.82 Å². The summed E-state index contributed by atoms with van der Waals surface area (Å²) in [6.07, 6.45) is 3.66. The molecule has 1 aliphatic rings. The summed E-state index contributed by atoms with van der Waals surface area (Å²) in [6.45, 7) is 2.42. The van der Waals surface area contributed by atoms with Crippen LogP contribution in [-0.2, 0) is 16.1 Å². The van der Waals surface area contributed by atoms with Gasteiger partial charge in [0.1, 0.15) is 12.4 Å². The Hall–Kier alpha value is -1.20. The van der Waals surface area contributed by atoms with E-state index in [0.717, 1.165) is 36.6 Å². The Balaban J connectivity index is 2.00. The number of nitrogens with one attached hydrogen (secondary N) is 1. The van der Waals surface area contributed by atoms with Crippen LogP contribution < -0.4 is 5.32 Å². The van der Waals surface area contributed by atoms with Gasteiger partial charge in [-0.3, -0.25) is 0 Å². The zero-order chi connectivity index (χ0) is 13.0. The Morgan fingerprint density at radius 3 is 2.83 bits per heavy atom. The van der Waals surface area contributed by atoms with Crippen molar-refractivity contribution < 1.29 is 9.47 Å². The van der Waals surface area contributed by atoms with E-state index < -0.39 is 0 Å². The quantitative estimate of drug-likeness (QED) is 0.866. The molecule has 0 bridgehead atoms. The van der Waals surface area contributed by atoms with Crippen LogP contribution in [-0.4, -0.2) is 36.3 Å². The molecule has 1 heterocycles. The van der Waals surface area contributed by atoms with Crippen LogP contribution in [0.3, 0.4) is 0 Å². The summed E-state index contributed by atoms with van der Waals surface area (Å²) in [4.78, 5) is 8.78. The lowest BCUT2D eigenvalue weighted by molar-refractivity contribution is 0.108. The molecule has 0 aromatic carbocycles. The molecule has 1 aliphatic carbocycles. The third-order valence-corrected chi connectivity index (χ3v) is 3.24. The van der Waals surface area contributed by atoms with E-state index in [0.29, 0.717) is 18.8 Å². The molecule has 1 saturated carbocycles. The first-order valence-corrected chi connectivity index (χ1v) is 6.34. The molecule has 18 heavy (non-hydrogen) atoms. The van der Waals surface area contributed by atoms with Crippen molar-refractivity contribution in [1.82, 2.24) is 9.97 Å². The van der Waals surface area contributed by atoms with Crippen LogP contribution in [0.1, 0.15) is 30.8 Å². The summed E-state index contributed by atoms with van der Waals surface area (Å²) < 4.78 is 10.4. The Labute approximate surface area is 108 Å². The molecule has 2 rings (SSSR count). The van der Waals surface area contributed by atoms with Gasteiger partial charge < -0.3 is 14.8 Å². The van der Waals surface area contributed by atoms with E-state index in [9.17, 15) is 0 Å². The normalized spacial score (nSPS) is 23.3. The van der Waals surface area contributed by atoms with Crippen molar-refractivity contribution in [2.24, 2.45) is 0 Å². The average molecular weight is 251 g/mol. The van der Waals surface area contributed by atoms with Gasteiger partial charge in [0, 0.05) is 32.0 Å². The molecule has 0 radical (unpaired) electrons. The molecule has 0 saturated heterocycles. The summed E-state index contributed by atoms with van der Waals surface area (Å²) >= 11 is 0. The fraction of sp³-hybridized carbons (Fsp3) is 0.692. The lowest BCUT2D eigenvalue weighted by Crippen LogP contribution is -2.18. The smallest absolute Gasteiger partial charge is 0.156 e. The Morgan fingerprint density at radius 1 is 1.33 bits per heavy atom. The molecule has 2 unspecified atom stereocenters. The van der Waals surface area contributed by atoms with E-state index in [2.05, 4.69) is 15.3 Å². The molecule has 5 nitrogen and oxygen atoms in total. The molecule has 5 heteroatoms. The van der Waals surface area contributed by atoms with Crippen molar-refractivity contribution in [3.05, 3.63) is 17.6 Å². The fourth-order valence-electron chi connectivity index (χ4n) is 2.39. The van der Waals surface area contributed by atoms with E-state index in [4.69, 9.17) is 9.47 Å². The lowest BCUT2D eigenvalue weighted by atomic mass is 10.2. The molecule has 0 aliphatic heterocycles. The zero-order valence-electron chi connectivity index (χ0n) is 11.3. The van der Waals surface area contributed by atoms with Crippen molar-refractivity contribution in [3.8, 4) is 0 Å². The monoisotopic (exact) mass is 251 g/mol. The Morgan fingerprint density at radius 2 is 2.17 bits per heavy atom. The summed E-state index contributed by atoms with van der Waals surface area (Å²) in [6, 6.07) is 2.42. The third-order valence-electron chi connectivity index (χ3n) is 3.24. The topological polar surface area (TPSA) is 56.3 Å². The largest absolute Gasteiger partial charge is 0.381 e. The minimum atomic E-state index is 0.379. The summed E-state index contributed by atoms with van der Waals surface area (Å²) in [7, 11) is 3.43. The number of methoxy groups -OCH3 is 2. The summed E-state index contributed by atoms with van der Waals surface area (Å²) in [5, 5.41) is 3.46. The molecule has 1 fully saturated rings. The number of ether oxygens (including phenoxy) is 2. The number of rotatable bonds is 5. The fourth-order valence-corrected chi connectivity index (χ4v) is 2.39. The zero-order valence-corrected chi connectivity index (χ0v) is 11.3. The molecule has 0 amide bonds. The van der Waals surface area contributed by atoms with Crippen LogP contribution in [0.5, 0.6) is 0 Å². The Kier molecular flexibility index (Phi) is 4.49. The van der Waals surface area contributed by atoms with Crippen LogP contribution in [0.2, 0.25) is 0 Å². The lowest BCUT2D eigenvalue weighted by Gasteiger charge is -2.14. The maximum atomic E-state index is 5.37. The maximum absolute atomic E-state index is 5.37. The first-order valence-electron chi connectivity index (χ1n) is 6.34. The van der Waals surface area contributed by atoms with Gasteiger partial charge in [0.25, 0.3) is 0 Å². The number of aromatic nitrogens is 2. The van der Waals surface area contributed by atoms with Crippen LogP contribution in [0.25, 0.3) is 0 Å².